The molecule has 0 spiro atoms. The van der Waals surface area contributed by atoms with E-state index in [-0.39, 0.29) is 23.6 Å². The van der Waals surface area contributed by atoms with Crippen LogP contribution in [0, 0.1) is 0 Å². The molecular weight excluding hydrogens is 574 g/mol. The second kappa shape index (κ2) is 11.8. The van der Waals surface area contributed by atoms with Gasteiger partial charge in [0.2, 0.25) is 0 Å². The number of aromatic carboxylic acids is 1. The van der Waals surface area contributed by atoms with Crippen LogP contribution in [0.15, 0.2) is 69.0 Å². The lowest BCUT2D eigenvalue weighted by Crippen LogP contribution is -2.23. The average Bonchev–Trinajstić information content (AvgIpc) is 2.91. The summed E-state index contributed by atoms with van der Waals surface area (Å²) in [5, 5.41) is 14.3. The molecular formula is C28H25BrClN3O5. The number of halogens is 2. The van der Waals surface area contributed by atoms with Gasteiger partial charge in [-0.25, -0.2) is 9.78 Å². The van der Waals surface area contributed by atoms with Crippen molar-refractivity contribution in [3.8, 4) is 11.5 Å². The Hall–Kier alpha value is -3.69. The molecule has 10 heteroatoms. The number of carboxylic acid groups (broad SMARTS) is 1. The van der Waals surface area contributed by atoms with Gasteiger partial charge in [0, 0.05) is 10.4 Å². The van der Waals surface area contributed by atoms with Gasteiger partial charge in [-0.3, -0.25) is 4.79 Å². The number of hydrogen-bond donors (Lipinski definition) is 1. The van der Waals surface area contributed by atoms with Gasteiger partial charge in [-0.05, 0) is 60.0 Å². The highest BCUT2D eigenvalue weighted by Gasteiger charge is 2.16. The van der Waals surface area contributed by atoms with Gasteiger partial charge in [-0.2, -0.15) is 9.78 Å². The zero-order valence-corrected chi connectivity index (χ0v) is 23.3. The molecule has 196 valence electrons. The van der Waals surface area contributed by atoms with Gasteiger partial charge in [0.05, 0.1) is 34.8 Å². The number of nitrogens with zero attached hydrogens (tertiary/aromatic N) is 3. The Labute approximate surface area is 232 Å². The van der Waals surface area contributed by atoms with Crippen LogP contribution in [-0.4, -0.2) is 34.1 Å². The van der Waals surface area contributed by atoms with Crippen LogP contribution in [0.5, 0.6) is 11.5 Å². The van der Waals surface area contributed by atoms with Gasteiger partial charge in [0.25, 0.3) is 5.56 Å². The first-order valence-electron chi connectivity index (χ1n) is 11.8. The summed E-state index contributed by atoms with van der Waals surface area (Å²) in [5.41, 5.74) is 1.91. The van der Waals surface area contributed by atoms with Crippen molar-refractivity contribution in [3.63, 3.8) is 0 Å². The first-order chi connectivity index (χ1) is 18.2. The number of aromatic nitrogens is 2. The largest absolute Gasteiger partial charge is 0.493 e. The first-order valence-corrected chi connectivity index (χ1v) is 13.0. The standard InChI is InChI=1S/C28H25BrClN3O5/c1-4-16(2)26-32-23-10-9-20(29)13-21(23)27(34)33(26)31-14-18-11-22(30)25(24(12-18)37-3)38-15-17-5-7-19(8-6-17)28(35)36/h5-14,16H,4,15H2,1-3H3,(H,35,36)/t16-/m1/s1. The Kier molecular flexibility index (Phi) is 8.48. The van der Waals surface area contributed by atoms with Crippen molar-refractivity contribution in [2.75, 3.05) is 7.11 Å². The number of rotatable bonds is 9. The van der Waals surface area contributed by atoms with Crippen LogP contribution in [0.25, 0.3) is 10.9 Å². The third kappa shape index (κ3) is 5.89. The highest BCUT2D eigenvalue weighted by Crippen LogP contribution is 2.36. The molecule has 1 heterocycles. The molecule has 0 unspecified atom stereocenters. The Morgan fingerprint density at radius 3 is 2.61 bits per heavy atom. The van der Waals surface area contributed by atoms with Gasteiger partial charge < -0.3 is 14.6 Å². The van der Waals surface area contributed by atoms with E-state index in [1.165, 1.54) is 30.1 Å². The van der Waals surface area contributed by atoms with Crippen molar-refractivity contribution in [1.82, 2.24) is 9.66 Å². The van der Waals surface area contributed by atoms with E-state index in [4.69, 9.17) is 31.2 Å². The van der Waals surface area contributed by atoms with Crippen LogP contribution < -0.4 is 15.0 Å². The molecule has 0 aliphatic carbocycles. The molecule has 0 fully saturated rings. The Morgan fingerprint density at radius 2 is 1.95 bits per heavy atom. The molecule has 1 aromatic heterocycles. The maximum absolute atomic E-state index is 13.4. The van der Waals surface area contributed by atoms with E-state index >= 15 is 0 Å². The zero-order chi connectivity index (χ0) is 27.4. The third-order valence-electron chi connectivity index (χ3n) is 6.04. The summed E-state index contributed by atoms with van der Waals surface area (Å²) in [5.74, 6) is 0.298. The monoisotopic (exact) mass is 597 g/mol. The molecule has 8 nitrogen and oxygen atoms in total. The molecule has 0 bridgehead atoms. The van der Waals surface area contributed by atoms with Gasteiger partial charge in [-0.15, -0.1) is 0 Å². The van der Waals surface area contributed by atoms with Crippen molar-refractivity contribution < 1.29 is 19.4 Å². The van der Waals surface area contributed by atoms with Crippen LogP contribution in [0.1, 0.15) is 53.5 Å². The molecule has 0 amide bonds. The van der Waals surface area contributed by atoms with E-state index in [9.17, 15) is 9.59 Å². The van der Waals surface area contributed by atoms with Crippen molar-refractivity contribution >= 4 is 50.6 Å². The maximum Gasteiger partial charge on any atom is 0.335 e. The molecule has 0 radical (unpaired) electrons. The molecule has 1 atom stereocenters. The molecule has 1 N–H and O–H groups in total. The normalized spacial score (nSPS) is 12.1. The number of fused-ring (bicyclic) bond motifs is 1. The van der Waals surface area contributed by atoms with Crippen molar-refractivity contribution in [2.45, 2.75) is 32.8 Å². The smallest absolute Gasteiger partial charge is 0.335 e. The summed E-state index contributed by atoms with van der Waals surface area (Å²) in [6.07, 6.45) is 2.32. The Bertz CT molecular complexity index is 1580. The van der Waals surface area contributed by atoms with Crippen LogP contribution in [0.2, 0.25) is 5.02 Å². The predicted octanol–water partition coefficient (Wildman–Crippen LogP) is 6.49. The van der Waals surface area contributed by atoms with Crippen LogP contribution in [-0.2, 0) is 6.61 Å². The fourth-order valence-electron chi connectivity index (χ4n) is 3.76. The van der Waals surface area contributed by atoms with E-state index < -0.39 is 5.97 Å². The zero-order valence-electron chi connectivity index (χ0n) is 20.9. The highest BCUT2D eigenvalue weighted by molar-refractivity contribution is 9.10. The minimum absolute atomic E-state index is 0.00589. The minimum Gasteiger partial charge on any atom is -0.493 e. The molecule has 0 saturated heterocycles. The van der Waals surface area contributed by atoms with Crippen LogP contribution >= 0.6 is 27.5 Å². The molecule has 38 heavy (non-hydrogen) atoms. The van der Waals surface area contributed by atoms with E-state index in [1.54, 1.807) is 30.3 Å². The van der Waals surface area contributed by atoms with Gasteiger partial charge in [0.1, 0.15) is 12.4 Å². The first kappa shape index (κ1) is 27.3. The SMILES string of the molecule is CC[C@@H](C)c1nc2ccc(Br)cc2c(=O)n1N=Cc1cc(Cl)c(OCc2ccc(C(=O)O)cc2)c(OC)c1. The van der Waals surface area contributed by atoms with Gasteiger partial charge in [-0.1, -0.05) is 53.5 Å². The van der Waals surface area contributed by atoms with Crippen molar-refractivity contribution in [3.05, 3.63) is 97.0 Å². The number of methoxy groups -OCH3 is 1. The third-order valence-corrected chi connectivity index (χ3v) is 6.82. The molecule has 0 aliphatic heterocycles. The Balaban J connectivity index is 1.65. The number of carbonyl (C=O) groups is 1. The highest BCUT2D eigenvalue weighted by atomic mass is 79.9. The summed E-state index contributed by atoms with van der Waals surface area (Å²) in [7, 11) is 1.50. The lowest BCUT2D eigenvalue weighted by Gasteiger charge is -2.15. The molecule has 4 rings (SSSR count). The van der Waals surface area contributed by atoms with Gasteiger partial charge in [0.15, 0.2) is 11.5 Å². The molecule has 0 aliphatic rings. The second-order valence-electron chi connectivity index (χ2n) is 8.63. The van der Waals surface area contributed by atoms with Crippen LogP contribution in [0.4, 0.5) is 0 Å². The lowest BCUT2D eigenvalue weighted by atomic mass is 10.1. The summed E-state index contributed by atoms with van der Waals surface area (Å²) < 4.78 is 13.5. The quantitative estimate of drug-likeness (QED) is 0.221. The maximum atomic E-state index is 13.4. The van der Waals surface area contributed by atoms with E-state index in [1.807, 2.05) is 26.0 Å². The van der Waals surface area contributed by atoms with E-state index in [2.05, 4.69) is 21.0 Å². The average molecular weight is 599 g/mol. The fourth-order valence-corrected chi connectivity index (χ4v) is 4.39. The molecule has 3 aromatic carbocycles. The molecule has 0 saturated carbocycles. The predicted molar refractivity (Wildman–Crippen MR) is 151 cm³/mol. The number of benzene rings is 3. The summed E-state index contributed by atoms with van der Waals surface area (Å²) >= 11 is 9.95. The topological polar surface area (TPSA) is 103 Å². The van der Waals surface area contributed by atoms with E-state index in [0.717, 1.165) is 16.5 Å². The summed E-state index contributed by atoms with van der Waals surface area (Å²) in [6, 6.07) is 15.1. The van der Waals surface area contributed by atoms with Crippen LogP contribution in [0.3, 0.4) is 0 Å². The van der Waals surface area contributed by atoms with Crippen molar-refractivity contribution in [2.24, 2.45) is 5.10 Å². The second-order valence-corrected chi connectivity index (χ2v) is 9.95. The lowest BCUT2D eigenvalue weighted by molar-refractivity contribution is 0.0697. The summed E-state index contributed by atoms with van der Waals surface area (Å²) in [4.78, 5) is 29.1. The molecule has 4 aromatic rings. The van der Waals surface area contributed by atoms with Crippen molar-refractivity contribution in [1.29, 1.82) is 0 Å². The number of hydrogen-bond acceptors (Lipinski definition) is 6. The minimum atomic E-state index is -0.995. The van der Waals surface area contributed by atoms with E-state index in [0.29, 0.717) is 38.8 Å². The number of ether oxygens (including phenoxy) is 2. The number of carboxylic acids is 1. The van der Waals surface area contributed by atoms with Gasteiger partial charge >= 0.3 is 5.97 Å². The summed E-state index contributed by atoms with van der Waals surface area (Å²) in [6.45, 7) is 4.19. The Morgan fingerprint density at radius 1 is 1.21 bits per heavy atom. The fraction of sp³-hybridized carbons (Fsp3) is 0.214.